The Morgan fingerprint density at radius 2 is 2.16 bits per heavy atom. The molecule has 0 aliphatic heterocycles. The van der Waals surface area contributed by atoms with E-state index in [0.29, 0.717) is 18.0 Å². The Kier molecular flexibility index (Phi) is 4.12. The van der Waals surface area contributed by atoms with Gasteiger partial charge in [-0.15, -0.1) is 4.91 Å². The number of carbonyl (C=O) groups is 1. The molecule has 0 bridgehead atoms. The summed E-state index contributed by atoms with van der Waals surface area (Å²) < 4.78 is 0. The molecule has 0 fully saturated rings. The molecule has 19 heavy (non-hydrogen) atoms. The first-order valence-electron chi connectivity index (χ1n) is 5.91. The average molecular weight is 277 g/mol. The standard InChI is InChI=1S/C14H13ClN2O2/c1-9(18)16-6-5-10-3-2-4-11-7-13(15)14(17-19)8-12(10)11/h2-4,7-8H,5-6H2,1H3,(H,16,18). The van der Waals surface area contributed by atoms with Gasteiger partial charge in [0.25, 0.3) is 0 Å². The van der Waals surface area contributed by atoms with Gasteiger partial charge in [0, 0.05) is 13.5 Å². The lowest BCUT2D eigenvalue weighted by Gasteiger charge is -2.08. The first kappa shape index (κ1) is 13.5. The second-order valence-corrected chi connectivity index (χ2v) is 4.67. The van der Waals surface area contributed by atoms with Crippen LogP contribution in [0.25, 0.3) is 10.8 Å². The van der Waals surface area contributed by atoms with E-state index in [2.05, 4.69) is 10.5 Å². The van der Waals surface area contributed by atoms with Crippen LogP contribution in [0, 0.1) is 4.91 Å². The molecular formula is C14H13ClN2O2. The lowest BCUT2D eigenvalue weighted by molar-refractivity contribution is -0.118. The molecule has 4 nitrogen and oxygen atoms in total. The van der Waals surface area contributed by atoms with Gasteiger partial charge in [-0.3, -0.25) is 4.79 Å². The molecule has 1 N–H and O–H groups in total. The highest BCUT2D eigenvalue weighted by Crippen LogP contribution is 2.31. The maximum atomic E-state index is 10.9. The molecule has 2 aromatic rings. The predicted molar refractivity (Wildman–Crippen MR) is 76.8 cm³/mol. The van der Waals surface area contributed by atoms with Crippen LogP contribution in [0.5, 0.6) is 0 Å². The molecule has 5 heteroatoms. The fraction of sp³-hybridized carbons (Fsp3) is 0.214. The Hall–Kier alpha value is -1.94. The van der Waals surface area contributed by atoms with Gasteiger partial charge < -0.3 is 5.32 Å². The third-order valence-corrected chi connectivity index (χ3v) is 3.21. The van der Waals surface area contributed by atoms with Crippen LogP contribution in [0.2, 0.25) is 5.02 Å². The monoisotopic (exact) mass is 276 g/mol. The minimum atomic E-state index is -0.0569. The van der Waals surface area contributed by atoms with Crippen molar-refractivity contribution in [3.8, 4) is 0 Å². The van der Waals surface area contributed by atoms with Gasteiger partial charge in [0.2, 0.25) is 5.91 Å². The highest BCUT2D eigenvalue weighted by atomic mass is 35.5. The van der Waals surface area contributed by atoms with E-state index in [1.807, 2.05) is 18.2 Å². The van der Waals surface area contributed by atoms with E-state index in [1.165, 1.54) is 6.92 Å². The van der Waals surface area contributed by atoms with Crippen molar-refractivity contribution in [3.05, 3.63) is 45.8 Å². The van der Waals surface area contributed by atoms with Gasteiger partial charge in [-0.1, -0.05) is 29.8 Å². The SMILES string of the molecule is CC(=O)NCCc1cccc2cc(Cl)c(N=O)cc12. The highest BCUT2D eigenvalue weighted by molar-refractivity contribution is 6.33. The Morgan fingerprint density at radius 3 is 2.84 bits per heavy atom. The second kappa shape index (κ2) is 5.80. The number of nitroso groups, excluding NO2 is 1. The van der Waals surface area contributed by atoms with Gasteiger partial charge in [0.15, 0.2) is 0 Å². The Bertz CT molecular complexity index is 641. The van der Waals surface area contributed by atoms with Crippen LogP contribution in [0.1, 0.15) is 12.5 Å². The minimum Gasteiger partial charge on any atom is -0.356 e. The van der Waals surface area contributed by atoms with Crippen LogP contribution >= 0.6 is 11.6 Å². The molecule has 0 saturated carbocycles. The number of amides is 1. The van der Waals surface area contributed by atoms with Crippen LogP contribution in [0.4, 0.5) is 5.69 Å². The van der Waals surface area contributed by atoms with Crippen molar-refractivity contribution < 1.29 is 4.79 Å². The molecule has 0 heterocycles. The van der Waals surface area contributed by atoms with E-state index in [1.54, 1.807) is 12.1 Å². The molecule has 0 saturated heterocycles. The summed E-state index contributed by atoms with van der Waals surface area (Å²) in [7, 11) is 0. The molecular weight excluding hydrogens is 264 g/mol. The van der Waals surface area contributed by atoms with E-state index in [0.717, 1.165) is 16.3 Å². The number of halogens is 1. The topological polar surface area (TPSA) is 58.5 Å². The molecule has 0 aromatic heterocycles. The number of hydrogen-bond donors (Lipinski definition) is 1. The molecule has 0 spiro atoms. The van der Waals surface area contributed by atoms with Gasteiger partial charge in [0.1, 0.15) is 5.69 Å². The second-order valence-electron chi connectivity index (χ2n) is 4.27. The molecule has 0 aliphatic rings. The summed E-state index contributed by atoms with van der Waals surface area (Å²) in [4.78, 5) is 21.6. The molecule has 0 aliphatic carbocycles. The maximum Gasteiger partial charge on any atom is 0.216 e. The van der Waals surface area contributed by atoms with Crippen LogP contribution in [0.15, 0.2) is 35.5 Å². The van der Waals surface area contributed by atoms with Gasteiger partial charge in [-0.05, 0) is 40.1 Å². The largest absolute Gasteiger partial charge is 0.356 e. The normalized spacial score (nSPS) is 10.4. The zero-order valence-corrected chi connectivity index (χ0v) is 11.2. The summed E-state index contributed by atoms with van der Waals surface area (Å²) in [6.45, 7) is 2.04. The maximum absolute atomic E-state index is 10.9. The Labute approximate surface area is 115 Å². The quantitative estimate of drug-likeness (QED) is 0.868. The highest BCUT2D eigenvalue weighted by Gasteiger charge is 2.07. The zero-order chi connectivity index (χ0) is 13.8. The minimum absolute atomic E-state index is 0.0569. The zero-order valence-electron chi connectivity index (χ0n) is 10.4. The molecule has 0 atom stereocenters. The number of rotatable bonds is 4. The first-order chi connectivity index (χ1) is 9.11. The first-order valence-corrected chi connectivity index (χ1v) is 6.28. The summed E-state index contributed by atoms with van der Waals surface area (Å²) in [5.74, 6) is -0.0569. The number of nitrogens with zero attached hydrogens (tertiary/aromatic N) is 1. The average Bonchev–Trinajstić information content (AvgIpc) is 2.37. The number of hydrogen-bond acceptors (Lipinski definition) is 3. The van der Waals surface area contributed by atoms with Gasteiger partial charge in [-0.25, -0.2) is 0 Å². The summed E-state index contributed by atoms with van der Waals surface area (Å²) >= 11 is 5.95. The van der Waals surface area contributed by atoms with Crippen molar-refractivity contribution in [2.75, 3.05) is 6.54 Å². The van der Waals surface area contributed by atoms with Crippen LogP contribution in [0.3, 0.4) is 0 Å². The van der Waals surface area contributed by atoms with Crippen molar-refractivity contribution in [1.82, 2.24) is 5.32 Å². The van der Waals surface area contributed by atoms with E-state index in [4.69, 9.17) is 11.6 Å². The van der Waals surface area contributed by atoms with Crippen molar-refractivity contribution in [2.24, 2.45) is 5.18 Å². The fourth-order valence-corrected chi connectivity index (χ4v) is 2.22. The lowest BCUT2D eigenvalue weighted by Crippen LogP contribution is -2.22. The van der Waals surface area contributed by atoms with Crippen molar-refractivity contribution in [1.29, 1.82) is 0 Å². The van der Waals surface area contributed by atoms with Crippen LogP contribution < -0.4 is 5.32 Å². The number of fused-ring (bicyclic) bond motifs is 1. The predicted octanol–water partition coefficient (Wildman–Crippen LogP) is 3.57. The molecule has 0 radical (unpaired) electrons. The lowest BCUT2D eigenvalue weighted by atomic mass is 10.0. The Balaban J connectivity index is 2.38. The smallest absolute Gasteiger partial charge is 0.216 e. The number of carbonyl (C=O) groups excluding carboxylic acids is 1. The number of nitrogens with one attached hydrogen (secondary N) is 1. The molecule has 1 amide bonds. The molecule has 0 unspecified atom stereocenters. The summed E-state index contributed by atoms with van der Waals surface area (Å²) in [5, 5.41) is 7.91. The molecule has 2 rings (SSSR count). The summed E-state index contributed by atoms with van der Waals surface area (Å²) in [5.41, 5.74) is 1.29. The summed E-state index contributed by atoms with van der Waals surface area (Å²) in [6, 6.07) is 9.24. The van der Waals surface area contributed by atoms with E-state index in [-0.39, 0.29) is 11.6 Å². The third kappa shape index (κ3) is 3.09. The van der Waals surface area contributed by atoms with Crippen molar-refractivity contribution in [2.45, 2.75) is 13.3 Å². The number of benzene rings is 2. The molecule has 98 valence electrons. The molecule has 2 aromatic carbocycles. The van der Waals surface area contributed by atoms with E-state index in [9.17, 15) is 9.70 Å². The van der Waals surface area contributed by atoms with Gasteiger partial charge in [0.05, 0.1) is 5.02 Å². The van der Waals surface area contributed by atoms with Crippen molar-refractivity contribution >= 4 is 34.0 Å². The van der Waals surface area contributed by atoms with Gasteiger partial charge >= 0.3 is 0 Å². The fourth-order valence-electron chi connectivity index (χ4n) is 2.01. The van der Waals surface area contributed by atoms with Gasteiger partial charge in [-0.2, -0.15) is 0 Å². The van der Waals surface area contributed by atoms with E-state index < -0.39 is 0 Å². The van der Waals surface area contributed by atoms with Crippen LogP contribution in [-0.2, 0) is 11.2 Å². The van der Waals surface area contributed by atoms with Crippen molar-refractivity contribution in [3.63, 3.8) is 0 Å². The van der Waals surface area contributed by atoms with Crippen LogP contribution in [-0.4, -0.2) is 12.5 Å². The summed E-state index contributed by atoms with van der Waals surface area (Å²) in [6.07, 6.45) is 0.691. The third-order valence-electron chi connectivity index (χ3n) is 2.90. The van der Waals surface area contributed by atoms with E-state index >= 15 is 0 Å². The Morgan fingerprint density at radius 1 is 1.37 bits per heavy atom.